The van der Waals surface area contributed by atoms with E-state index in [9.17, 15) is 0 Å². The number of rotatable bonds is 0. The topological polar surface area (TPSA) is 0 Å². The van der Waals surface area contributed by atoms with Crippen LogP contribution in [0.5, 0.6) is 0 Å². The van der Waals surface area contributed by atoms with Crippen LogP contribution in [0, 0.1) is 5.41 Å². The Morgan fingerprint density at radius 2 is 1.33 bits per heavy atom. The Morgan fingerprint density at radius 3 is 1.33 bits per heavy atom. The van der Waals surface area contributed by atoms with E-state index in [2.05, 4.69) is 68.6 Å². The lowest BCUT2D eigenvalue weighted by Gasteiger charge is -2.23. The van der Waals surface area contributed by atoms with Crippen LogP contribution < -0.4 is 0 Å². The first kappa shape index (κ1) is 10.4. The van der Waals surface area contributed by atoms with Gasteiger partial charge in [0.25, 0.3) is 0 Å². The highest BCUT2D eigenvalue weighted by Crippen LogP contribution is 2.43. The lowest BCUT2D eigenvalue weighted by atomic mass is 9.94. The van der Waals surface area contributed by atoms with Crippen molar-refractivity contribution >= 4 is 47.8 Å². The van der Waals surface area contributed by atoms with Crippen LogP contribution in [-0.2, 0) is 0 Å². The summed E-state index contributed by atoms with van der Waals surface area (Å²) in [5.74, 6) is 0. The molecule has 0 rings (SSSR count). The molecule has 0 radical (unpaired) electrons. The van der Waals surface area contributed by atoms with E-state index in [4.69, 9.17) is 0 Å². The molecule has 0 aliphatic rings. The predicted octanol–water partition coefficient (Wildman–Crippen LogP) is 4.26. The van der Waals surface area contributed by atoms with Gasteiger partial charge < -0.3 is 0 Å². The fourth-order valence-electron chi connectivity index (χ4n) is 0.601. The van der Waals surface area contributed by atoms with E-state index in [1.807, 2.05) is 0 Å². The third-order valence-electron chi connectivity index (χ3n) is 0.731. The van der Waals surface area contributed by atoms with Crippen LogP contribution in [0.15, 0.2) is 0 Å². The van der Waals surface area contributed by atoms with Gasteiger partial charge >= 0.3 is 0 Å². The molecule has 56 valence electrons. The maximum absolute atomic E-state index is 3.45. The van der Waals surface area contributed by atoms with Crippen molar-refractivity contribution in [2.75, 3.05) is 0 Å². The van der Waals surface area contributed by atoms with Gasteiger partial charge in [0, 0.05) is 0 Å². The Balaban J connectivity index is 3.75. The van der Waals surface area contributed by atoms with Crippen LogP contribution in [0.1, 0.15) is 27.2 Å². The summed E-state index contributed by atoms with van der Waals surface area (Å²) in [5.41, 5.74) is 0.344. The molecule has 0 aromatic heterocycles. The fraction of sp³-hybridized carbons (Fsp3) is 1.00. The molecule has 0 heterocycles. The van der Waals surface area contributed by atoms with Crippen molar-refractivity contribution in [3.05, 3.63) is 0 Å². The monoisotopic (exact) mass is 320 g/mol. The standard InChI is InChI=1S/C6H11Br3/c1-5(2,3)4-6(7,8)9/h4H2,1-3H3. The summed E-state index contributed by atoms with van der Waals surface area (Å²) < 4.78 is -0.0781. The lowest BCUT2D eigenvalue weighted by Crippen LogP contribution is -2.14. The van der Waals surface area contributed by atoms with Gasteiger partial charge in [0.2, 0.25) is 0 Å². The van der Waals surface area contributed by atoms with E-state index in [-0.39, 0.29) is 2.14 Å². The number of hydrogen-bond donors (Lipinski definition) is 0. The summed E-state index contributed by atoms with van der Waals surface area (Å²) in [6.45, 7) is 6.60. The van der Waals surface area contributed by atoms with Crippen molar-refractivity contribution in [3.8, 4) is 0 Å². The molecule has 0 aromatic rings. The van der Waals surface area contributed by atoms with Crippen molar-refractivity contribution in [1.82, 2.24) is 0 Å². The molecule has 0 fully saturated rings. The molecular formula is C6H11Br3. The van der Waals surface area contributed by atoms with Gasteiger partial charge in [-0.1, -0.05) is 68.6 Å². The smallest absolute Gasteiger partial charge is 0.0601 e. The van der Waals surface area contributed by atoms with Crippen molar-refractivity contribution in [3.63, 3.8) is 0 Å². The Hall–Kier alpha value is 1.44. The molecule has 0 N–H and O–H groups in total. The first-order valence-electron chi connectivity index (χ1n) is 2.77. The number of alkyl halides is 3. The zero-order valence-corrected chi connectivity index (χ0v) is 10.6. The average Bonchev–Trinajstić information content (AvgIpc) is 1.14. The van der Waals surface area contributed by atoms with E-state index in [1.54, 1.807) is 0 Å². The minimum absolute atomic E-state index is 0.0781. The summed E-state index contributed by atoms with van der Waals surface area (Å²) in [7, 11) is 0. The van der Waals surface area contributed by atoms with Crippen LogP contribution in [0.3, 0.4) is 0 Å². The normalized spacial score (nSPS) is 14.0. The van der Waals surface area contributed by atoms with Gasteiger partial charge in [-0.2, -0.15) is 0 Å². The van der Waals surface area contributed by atoms with E-state index in [0.29, 0.717) is 5.41 Å². The third kappa shape index (κ3) is 9.44. The highest BCUT2D eigenvalue weighted by Gasteiger charge is 2.25. The van der Waals surface area contributed by atoms with Crippen LogP contribution >= 0.6 is 47.8 Å². The first-order chi connectivity index (χ1) is 3.71. The third-order valence-corrected chi connectivity index (χ3v) is 1.57. The van der Waals surface area contributed by atoms with Gasteiger partial charge in [-0.05, 0) is 11.8 Å². The lowest BCUT2D eigenvalue weighted by molar-refractivity contribution is 0.392. The van der Waals surface area contributed by atoms with E-state index in [0.717, 1.165) is 6.42 Å². The van der Waals surface area contributed by atoms with Gasteiger partial charge in [0.15, 0.2) is 0 Å². The maximum Gasteiger partial charge on any atom is 0.135 e. The molecule has 0 unspecified atom stereocenters. The van der Waals surface area contributed by atoms with Gasteiger partial charge in [-0.3, -0.25) is 0 Å². The molecule has 0 aliphatic carbocycles. The van der Waals surface area contributed by atoms with Gasteiger partial charge in [-0.15, -0.1) is 0 Å². The molecule has 0 saturated heterocycles. The summed E-state index contributed by atoms with van der Waals surface area (Å²) in [6.07, 6.45) is 1.04. The van der Waals surface area contributed by atoms with Gasteiger partial charge in [0.05, 0.1) is 0 Å². The molecule has 0 nitrogen and oxygen atoms in total. The highest BCUT2D eigenvalue weighted by atomic mass is 80.0. The summed E-state index contributed by atoms with van der Waals surface area (Å²) in [5, 5.41) is 0. The van der Waals surface area contributed by atoms with Crippen LogP contribution in [0.4, 0.5) is 0 Å². The summed E-state index contributed by atoms with van der Waals surface area (Å²) in [4.78, 5) is 0. The Bertz CT molecular complexity index is 73.5. The second-order valence-electron chi connectivity index (χ2n) is 3.35. The molecule has 3 heteroatoms. The van der Waals surface area contributed by atoms with E-state index in [1.165, 1.54) is 0 Å². The van der Waals surface area contributed by atoms with Crippen molar-refractivity contribution in [2.24, 2.45) is 5.41 Å². The minimum atomic E-state index is -0.0781. The van der Waals surface area contributed by atoms with Crippen LogP contribution in [0.25, 0.3) is 0 Å². The molecule has 9 heavy (non-hydrogen) atoms. The Labute approximate surface area is 82.2 Å². The second kappa shape index (κ2) is 3.22. The van der Waals surface area contributed by atoms with Gasteiger partial charge in [-0.25, -0.2) is 0 Å². The molecule has 0 saturated carbocycles. The van der Waals surface area contributed by atoms with Gasteiger partial charge in [0.1, 0.15) is 2.14 Å². The van der Waals surface area contributed by atoms with Crippen molar-refractivity contribution in [1.29, 1.82) is 0 Å². The largest absolute Gasteiger partial charge is 0.135 e. The average molecular weight is 323 g/mol. The van der Waals surface area contributed by atoms with Crippen molar-refractivity contribution in [2.45, 2.75) is 29.3 Å². The van der Waals surface area contributed by atoms with Crippen molar-refractivity contribution < 1.29 is 0 Å². The Morgan fingerprint density at radius 1 is 1.00 bits per heavy atom. The quantitative estimate of drug-likeness (QED) is 0.585. The highest BCUT2D eigenvalue weighted by molar-refractivity contribution is 9.39. The first-order valence-corrected chi connectivity index (χ1v) is 5.15. The summed E-state index contributed by atoms with van der Waals surface area (Å²) in [6, 6.07) is 0. The van der Waals surface area contributed by atoms with E-state index < -0.39 is 0 Å². The molecule has 0 aliphatic heterocycles. The zero-order valence-electron chi connectivity index (χ0n) is 5.84. The molecule has 0 spiro atoms. The number of hydrogen-bond acceptors (Lipinski definition) is 0. The SMILES string of the molecule is CC(C)(C)CC(Br)(Br)Br. The number of halogens is 3. The van der Waals surface area contributed by atoms with Crippen LogP contribution in [-0.4, -0.2) is 2.14 Å². The van der Waals surface area contributed by atoms with Crippen LogP contribution in [0.2, 0.25) is 0 Å². The van der Waals surface area contributed by atoms with E-state index >= 15 is 0 Å². The molecule has 0 amide bonds. The molecular weight excluding hydrogens is 312 g/mol. The fourth-order valence-corrected chi connectivity index (χ4v) is 3.12. The second-order valence-corrected chi connectivity index (χ2v) is 10.6. The maximum atomic E-state index is 3.45. The molecule has 0 aromatic carbocycles. The molecule has 0 atom stereocenters. The molecule has 0 bridgehead atoms. The Kier molecular flexibility index (Phi) is 3.74. The zero-order chi connectivity index (χ0) is 7.71. The predicted molar refractivity (Wildman–Crippen MR) is 53.6 cm³/mol. The summed E-state index contributed by atoms with van der Waals surface area (Å²) >= 11 is 10.3. The minimum Gasteiger partial charge on any atom is -0.0601 e.